The predicted molar refractivity (Wildman–Crippen MR) is 124 cm³/mol. The van der Waals surface area contributed by atoms with Crippen molar-refractivity contribution in [2.24, 2.45) is 0 Å². The Bertz CT molecular complexity index is 1400. The van der Waals surface area contributed by atoms with Gasteiger partial charge >= 0.3 is 0 Å². The Morgan fingerprint density at radius 1 is 1.28 bits per heavy atom. The lowest BCUT2D eigenvalue weighted by atomic mass is 10.1. The van der Waals surface area contributed by atoms with Crippen molar-refractivity contribution in [3.63, 3.8) is 0 Å². The lowest BCUT2D eigenvalue weighted by Crippen LogP contribution is -2.16. The molecule has 162 valence electrons. The highest BCUT2D eigenvalue weighted by Gasteiger charge is 2.26. The summed E-state index contributed by atoms with van der Waals surface area (Å²) < 4.78 is 4.02. The minimum atomic E-state index is 0.0195. The van der Waals surface area contributed by atoms with Crippen molar-refractivity contribution in [2.75, 3.05) is 18.8 Å². The van der Waals surface area contributed by atoms with Gasteiger partial charge in [-0.15, -0.1) is 0 Å². The zero-order valence-corrected chi connectivity index (χ0v) is 18.2. The van der Waals surface area contributed by atoms with Crippen LogP contribution in [0.15, 0.2) is 30.7 Å². The minimum Gasteiger partial charge on any atom is -0.383 e. The molecule has 1 aliphatic rings. The molecule has 0 aliphatic carbocycles. The predicted octanol–water partition coefficient (Wildman–Crippen LogP) is 2.91. The van der Waals surface area contributed by atoms with Crippen LogP contribution in [0.3, 0.4) is 0 Å². The summed E-state index contributed by atoms with van der Waals surface area (Å²) >= 11 is 0. The van der Waals surface area contributed by atoms with Gasteiger partial charge in [0.1, 0.15) is 11.5 Å². The van der Waals surface area contributed by atoms with Gasteiger partial charge in [-0.2, -0.15) is 5.10 Å². The first-order valence-electron chi connectivity index (χ1n) is 11.0. The van der Waals surface area contributed by atoms with Crippen LogP contribution in [0.1, 0.15) is 54.3 Å². The summed E-state index contributed by atoms with van der Waals surface area (Å²) in [4.78, 5) is 21.4. The number of hydrogen-bond acceptors (Lipinski definition) is 6. The van der Waals surface area contributed by atoms with Crippen molar-refractivity contribution in [1.82, 2.24) is 29.6 Å². The Morgan fingerprint density at radius 2 is 2.16 bits per heavy atom. The molecule has 4 heterocycles. The van der Waals surface area contributed by atoms with Gasteiger partial charge in [0.2, 0.25) is 0 Å². The van der Waals surface area contributed by atoms with E-state index in [1.165, 1.54) is 0 Å². The van der Waals surface area contributed by atoms with E-state index in [0.29, 0.717) is 28.9 Å². The normalized spacial score (nSPS) is 15.9. The smallest absolute Gasteiger partial charge is 0.166 e. The molecule has 3 N–H and O–H groups in total. The largest absolute Gasteiger partial charge is 0.383 e. The number of nitrogens with one attached hydrogen (secondary N) is 1. The number of aromatic nitrogens is 5. The van der Waals surface area contributed by atoms with E-state index >= 15 is 0 Å². The number of nitrogens with two attached hydrogens (primary N) is 1. The van der Waals surface area contributed by atoms with Crippen molar-refractivity contribution in [3.05, 3.63) is 47.5 Å². The van der Waals surface area contributed by atoms with Gasteiger partial charge in [0, 0.05) is 31.3 Å². The monoisotopic (exact) mass is 427 g/mol. The maximum atomic E-state index is 12.7. The first-order valence-corrected chi connectivity index (χ1v) is 11.0. The lowest BCUT2D eigenvalue weighted by Gasteiger charge is -2.12. The molecule has 0 saturated carbocycles. The third-order valence-electron chi connectivity index (χ3n) is 6.04. The van der Waals surface area contributed by atoms with E-state index in [9.17, 15) is 4.79 Å². The Kier molecular flexibility index (Phi) is 5.11. The maximum absolute atomic E-state index is 12.7. The summed E-state index contributed by atoms with van der Waals surface area (Å²) in [5, 5.41) is 8.83. The summed E-state index contributed by atoms with van der Waals surface area (Å²) in [6.45, 7) is 6.51. The molecule has 5 rings (SSSR count). The molecule has 8 nitrogen and oxygen atoms in total. The molecule has 1 aliphatic heterocycles. The number of hydrogen-bond donors (Lipinski definition) is 2. The number of nitrogen functional groups attached to an aromatic ring is 1. The van der Waals surface area contributed by atoms with Gasteiger partial charge in [0.25, 0.3) is 0 Å². The summed E-state index contributed by atoms with van der Waals surface area (Å²) in [5.74, 6) is 6.76. The summed E-state index contributed by atoms with van der Waals surface area (Å²) in [6.07, 6.45) is 4.73. The van der Waals surface area contributed by atoms with Gasteiger partial charge < -0.3 is 15.6 Å². The van der Waals surface area contributed by atoms with Crippen LogP contribution in [0.4, 0.5) is 5.82 Å². The average Bonchev–Trinajstić information content (AvgIpc) is 3.55. The molecular weight excluding hydrogens is 402 g/mol. The highest BCUT2D eigenvalue weighted by Crippen LogP contribution is 2.31. The van der Waals surface area contributed by atoms with Gasteiger partial charge in [-0.1, -0.05) is 12.8 Å². The second-order valence-corrected chi connectivity index (χ2v) is 7.98. The van der Waals surface area contributed by atoms with Crippen LogP contribution in [-0.2, 0) is 6.54 Å². The SMILES string of the molecule is CCC(=O)c1cnc(N)c2c(C#Cc3ccc4c(c3)ncn4CC)nn(C3CCNC3)c12. The number of anilines is 1. The Labute approximate surface area is 185 Å². The number of Topliss-reactive ketones (excluding diaryl/α,β-unsaturated/α-hetero) is 1. The molecule has 1 aromatic carbocycles. The fourth-order valence-corrected chi connectivity index (χ4v) is 4.31. The van der Waals surface area contributed by atoms with Gasteiger partial charge in [-0.05, 0) is 44.0 Å². The average molecular weight is 428 g/mol. The third-order valence-corrected chi connectivity index (χ3v) is 6.04. The van der Waals surface area contributed by atoms with Crippen molar-refractivity contribution >= 4 is 33.5 Å². The van der Waals surface area contributed by atoms with Crippen LogP contribution in [0.25, 0.3) is 21.9 Å². The number of rotatable bonds is 4. The lowest BCUT2D eigenvalue weighted by molar-refractivity contribution is 0.0989. The molecule has 0 amide bonds. The number of imidazole rings is 1. The number of carbonyl (C=O) groups excluding carboxylic acids is 1. The van der Waals surface area contributed by atoms with E-state index < -0.39 is 0 Å². The van der Waals surface area contributed by atoms with Crippen LogP contribution >= 0.6 is 0 Å². The molecule has 1 saturated heterocycles. The first kappa shape index (κ1) is 20.2. The Balaban J connectivity index is 1.66. The highest BCUT2D eigenvalue weighted by molar-refractivity contribution is 6.09. The molecule has 4 aromatic rings. The molecule has 3 aromatic heterocycles. The molecule has 0 radical (unpaired) electrons. The second kappa shape index (κ2) is 8.09. The molecule has 8 heteroatoms. The number of aryl methyl sites for hydroxylation is 1. The summed E-state index contributed by atoms with van der Waals surface area (Å²) in [7, 11) is 0. The second-order valence-electron chi connectivity index (χ2n) is 7.98. The number of pyridine rings is 1. The van der Waals surface area contributed by atoms with Crippen LogP contribution in [0.2, 0.25) is 0 Å². The summed E-state index contributed by atoms with van der Waals surface area (Å²) in [5.41, 5.74) is 10.9. The summed E-state index contributed by atoms with van der Waals surface area (Å²) in [6, 6.07) is 6.14. The maximum Gasteiger partial charge on any atom is 0.166 e. The van der Waals surface area contributed by atoms with E-state index in [1.54, 1.807) is 6.20 Å². The molecule has 1 fully saturated rings. The van der Waals surface area contributed by atoms with E-state index in [0.717, 1.165) is 48.2 Å². The standard InChI is InChI=1S/C24H25N7O/c1-3-21(32)17-13-27-24(25)22-18(29-31(23(17)22)16-9-10-26-12-16)7-5-15-6-8-20-19(11-15)28-14-30(20)4-2/h6,8,11,13-14,16,26H,3-4,9-10,12H2,1-2H3,(H2,25,27). The van der Waals surface area contributed by atoms with Crippen LogP contribution < -0.4 is 11.1 Å². The van der Waals surface area contributed by atoms with Crippen molar-refractivity contribution in [3.8, 4) is 11.8 Å². The van der Waals surface area contributed by atoms with Crippen molar-refractivity contribution in [1.29, 1.82) is 0 Å². The van der Waals surface area contributed by atoms with Crippen LogP contribution in [0.5, 0.6) is 0 Å². The van der Waals surface area contributed by atoms with E-state index in [2.05, 4.69) is 38.6 Å². The fourth-order valence-electron chi connectivity index (χ4n) is 4.31. The Hall–Kier alpha value is -3.70. The van der Waals surface area contributed by atoms with Gasteiger partial charge in [0.15, 0.2) is 5.78 Å². The number of carbonyl (C=O) groups is 1. The fraction of sp³-hybridized carbons (Fsp3) is 0.333. The number of ketones is 1. The highest BCUT2D eigenvalue weighted by atomic mass is 16.1. The third kappa shape index (κ3) is 3.31. The van der Waals surface area contributed by atoms with Crippen LogP contribution in [0, 0.1) is 11.8 Å². The number of nitrogens with zero attached hydrogens (tertiary/aromatic N) is 5. The van der Waals surface area contributed by atoms with Crippen molar-refractivity contribution in [2.45, 2.75) is 39.3 Å². The van der Waals surface area contributed by atoms with E-state index in [-0.39, 0.29) is 11.8 Å². The van der Waals surface area contributed by atoms with E-state index in [4.69, 9.17) is 10.8 Å². The number of benzene rings is 1. The zero-order valence-electron chi connectivity index (χ0n) is 18.2. The molecule has 1 unspecified atom stereocenters. The quantitative estimate of drug-likeness (QED) is 0.383. The molecule has 1 atom stereocenters. The van der Waals surface area contributed by atoms with Crippen molar-refractivity contribution < 1.29 is 4.79 Å². The zero-order chi connectivity index (χ0) is 22.2. The minimum absolute atomic E-state index is 0.0195. The van der Waals surface area contributed by atoms with E-state index in [1.807, 2.05) is 36.1 Å². The van der Waals surface area contributed by atoms with Crippen LogP contribution in [-0.4, -0.2) is 43.2 Å². The van der Waals surface area contributed by atoms with Gasteiger partial charge in [0.05, 0.1) is 39.9 Å². The molecular formula is C24H25N7O. The number of fused-ring (bicyclic) bond motifs is 2. The first-order chi connectivity index (χ1) is 15.6. The molecule has 32 heavy (non-hydrogen) atoms. The van der Waals surface area contributed by atoms with Gasteiger partial charge in [-0.25, -0.2) is 9.97 Å². The Morgan fingerprint density at radius 3 is 2.91 bits per heavy atom. The molecule has 0 spiro atoms. The molecule has 0 bridgehead atoms. The topological polar surface area (TPSA) is 104 Å². The van der Waals surface area contributed by atoms with Gasteiger partial charge in [-0.3, -0.25) is 9.48 Å².